The number of hydrogen-bond donors (Lipinski definition) is 1. The first kappa shape index (κ1) is 11.8. The predicted octanol–water partition coefficient (Wildman–Crippen LogP) is 3.58. The van der Waals surface area contributed by atoms with Crippen molar-refractivity contribution in [2.24, 2.45) is 0 Å². The smallest absolute Gasteiger partial charge is 0.124 e. The summed E-state index contributed by atoms with van der Waals surface area (Å²) in [4.78, 5) is 0. The second-order valence-electron chi connectivity index (χ2n) is 3.24. The summed E-state index contributed by atoms with van der Waals surface area (Å²) in [6, 6.07) is 6.32. The van der Waals surface area contributed by atoms with E-state index in [0.717, 1.165) is 6.42 Å². The van der Waals surface area contributed by atoms with E-state index < -0.39 is 0 Å². The Morgan fingerprint density at radius 1 is 1.60 bits per heavy atom. The second-order valence-corrected chi connectivity index (χ2v) is 3.64. The maximum atomic E-state index is 12.8. The number of anilines is 1. The molecule has 15 heavy (non-hydrogen) atoms. The minimum Gasteiger partial charge on any atom is -0.380 e. The molecule has 0 amide bonds. The number of rotatable bonds is 4. The molecule has 1 rings (SSSR count). The van der Waals surface area contributed by atoms with Crippen molar-refractivity contribution in [3.63, 3.8) is 0 Å². The third-order valence-electron chi connectivity index (χ3n) is 2.12. The first-order valence-electron chi connectivity index (χ1n) is 4.76. The molecule has 0 heterocycles. The first-order chi connectivity index (χ1) is 7.17. The van der Waals surface area contributed by atoms with Crippen LogP contribution in [-0.4, -0.2) is 6.04 Å². The second kappa shape index (κ2) is 5.57. The van der Waals surface area contributed by atoms with Crippen molar-refractivity contribution in [2.45, 2.75) is 25.8 Å². The summed E-state index contributed by atoms with van der Waals surface area (Å²) < 4.78 is 12.8. The molecule has 0 spiro atoms. The van der Waals surface area contributed by atoms with E-state index in [1.54, 1.807) is 6.07 Å². The SMILES string of the molecule is CCC(CC#N)Nc1ccc(F)cc1Cl. The van der Waals surface area contributed by atoms with E-state index in [4.69, 9.17) is 16.9 Å². The highest BCUT2D eigenvalue weighted by Gasteiger charge is 2.08. The van der Waals surface area contributed by atoms with Crippen LogP contribution in [0, 0.1) is 17.1 Å². The Labute approximate surface area is 93.7 Å². The highest BCUT2D eigenvalue weighted by atomic mass is 35.5. The summed E-state index contributed by atoms with van der Waals surface area (Å²) in [6.45, 7) is 1.98. The molecule has 2 nitrogen and oxygen atoms in total. The van der Waals surface area contributed by atoms with E-state index >= 15 is 0 Å². The summed E-state index contributed by atoms with van der Waals surface area (Å²) in [5.41, 5.74) is 0.667. The zero-order valence-corrected chi connectivity index (χ0v) is 9.18. The normalized spacial score (nSPS) is 11.9. The number of halogens is 2. The first-order valence-corrected chi connectivity index (χ1v) is 5.13. The van der Waals surface area contributed by atoms with E-state index in [9.17, 15) is 4.39 Å². The number of nitrogens with one attached hydrogen (secondary N) is 1. The molecule has 1 N–H and O–H groups in total. The van der Waals surface area contributed by atoms with Crippen molar-refractivity contribution in [1.82, 2.24) is 0 Å². The molecule has 0 saturated carbocycles. The van der Waals surface area contributed by atoms with Gasteiger partial charge in [0.1, 0.15) is 5.82 Å². The Hall–Kier alpha value is -1.27. The fourth-order valence-electron chi connectivity index (χ4n) is 1.23. The average Bonchev–Trinajstić information content (AvgIpc) is 2.21. The van der Waals surface area contributed by atoms with Crippen molar-refractivity contribution >= 4 is 17.3 Å². The molecule has 0 aliphatic carbocycles. The van der Waals surface area contributed by atoms with Gasteiger partial charge in [-0.2, -0.15) is 5.26 Å². The number of nitriles is 1. The average molecular weight is 227 g/mol. The summed E-state index contributed by atoms with van der Waals surface area (Å²) >= 11 is 5.85. The van der Waals surface area contributed by atoms with Crippen LogP contribution in [0.3, 0.4) is 0 Å². The Bertz CT molecular complexity index is 373. The van der Waals surface area contributed by atoms with Crippen molar-refractivity contribution in [3.05, 3.63) is 29.0 Å². The Morgan fingerprint density at radius 3 is 2.87 bits per heavy atom. The van der Waals surface area contributed by atoms with Gasteiger partial charge in [-0.25, -0.2) is 4.39 Å². The Kier molecular flexibility index (Phi) is 4.38. The lowest BCUT2D eigenvalue weighted by Crippen LogP contribution is -2.17. The molecule has 80 valence electrons. The Morgan fingerprint density at radius 2 is 2.33 bits per heavy atom. The summed E-state index contributed by atoms with van der Waals surface area (Å²) in [5.74, 6) is -0.362. The van der Waals surface area contributed by atoms with Crippen LogP contribution in [0.1, 0.15) is 19.8 Å². The van der Waals surface area contributed by atoms with E-state index in [1.165, 1.54) is 12.1 Å². The van der Waals surface area contributed by atoms with Crippen LogP contribution >= 0.6 is 11.6 Å². The summed E-state index contributed by atoms with van der Waals surface area (Å²) in [7, 11) is 0. The van der Waals surface area contributed by atoms with Crippen molar-refractivity contribution < 1.29 is 4.39 Å². The van der Waals surface area contributed by atoms with Gasteiger partial charge in [-0.1, -0.05) is 18.5 Å². The van der Waals surface area contributed by atoms with Crippen LogP contribution in [0.25, 0.3) is 0 Å². The molecule has 0 fully saturated rings. The fourth-order valence-corrected chi connectivity index (χ4v) is 1.46. The van der Waals surface area contributed by atoms with Crippen LogP contribution in [0.2, 0.25) is 5.02 Å². The lowest BCUT2D eigenvalue weighted by atomic mass is 10.1. The van der Waals surface area contributed by atoms with Gasteiger partial charge in [0, 0.05) is 6.04 Å². The molecule has 1 aromatic carbocycles. The number of nitrogens with zero attached hydrogens (tertiary/aromatic N) is 1. The molecule has 0 aliphatic rings. The van der Waals surface area contributed by atoms with Crippen molar-refractivity contribution in [2.75, 3.05) is 5.32 Å². The van der Waals surface area contributed by atoms with Gasteiger partial charge in [-0.05, 0) is 24.6 Å². The molecular formula is C11H12ClFN2. The van der Waals surface area contributed by atoms with Gasteiger partial charge in [0.05, 0.1) is 23.2 Å². The zero-order chi connectivity index (χ0) is 11.3. The van der Waals surface area contributed by atoms with Gasteiger partial charge in [0.25, 0.3) is 0 Å². The van der Waals surface area contributed by atoms with Gasteiger partial charge < -0.3 is 5.32 Å². The highest BCUT2D eigenvalue weighted by molar-refractivity contribution is 6.33. The minimum absolute atomic E-state index is 0.0537. The van der Waals surface area contributed by atoms with Gasteiger partial charge in [0.2, 0.25) is 0 Å². The summed E-state index contributed by atoms with van der Waals surface area (Å²) in [6.07, 6.45) is 1.23. The van der Waals surface area contributed by atoms with Gasteiger partial charge in [0.15, 0.2) is 0 Å². The molecule has 1 atom stereocenters. The Balaban J connectivity index is 2.75. The van der Waals surface area contributed by atoms with Crippen molar-refractivity contribution in [1.29, 1.82) is 5.26 Å². The van der Waals surface area contributed by atoms with E-state index in [2.05, 4.69) is 11.4 Å². The van der Waals surface area contributed by atoms with Crippen LogP contribution in [0.4, 0.5) is 10.1 Å². The fraction of sp³-hybridized carbons (Fsp3) is 0.364. The van der Waals surface area contributed by atoms with E-state index in [0.29, 0.717) is 17.1 Å². The topological polar surface area (TPSA) is 35.8 Å². The minimum atomic E-state index is -0.362. The predicted molar refractivity (Wildman–Crippen MR) is 59.3 cm³/mol. The third-order valence-corrected chi connectivity index (χ3v) is 2.43. The molecule has 0 aliphatic heterocycles. The molecule has 4 heteroatoms. The van der Waals surface area contributed by atoms with Crippen LogP contribution in [0.5, 0.6) is 0 Å². The quantitative estimate of drug-likeness (QED) is 0.852. The van der Waals surface area contributed by atoms with Crippen LogP contribution < -0.4 is 5.32 Å². The third kappa shape index (κ3) is 3.41. The largest absolute Gasteiger partial charge is 0.380 e. The van der Waals surface area contributed by atoms with E-state index in [-0.39, 0.29) is 11.9 Å². The lowest BCUT2D eigenvalue weighted by Gasteiger charge is -2.16. The molecule has 1 unspecified atom stereocenters. The molecule has 0 aromatic heterocycles. The van der Waals surface area contributed by atoms with Crippen LogP contribution in [0.15, 0.2) is 18.2 Å². The maximum absolute atomic E-state index is 12.8. The van der Waals surface area contributed by atoms with Crippen LogP contribution in [-0.2, 0) is 0 Å². The molecule has 1 aromatic rings. The van der Waals surface area contributed by atoms with E-state index in [1.807, 2.05) is 6.92 Å². The zero-order valence-electron chi connectivity index (χ0n) is 8.43. The molecular weight excluding hydrogens is 215 g/mol. The summed E-state index contributed by atoms with van der Waals surface area (Å²) in [5, 5.41) is 12.0. The van der Waals surface area contributed by atoms with Gasteiger partial charge in [-0.15, -0.1) is 0 Å². The highest BCUT2D eigenvalue weighted by Crippen LogP contribution is 2.23. The number of hydrogen-bond acceptors (Lipinski definition) is 2. The molecule has 0 radical (unpaired) electrons. The maximum Gasteiger partial charge on any atom is 0.124 e. The molecule has 0 bridgehead atoms. The number of benzene rings is 1. The van der Waals surface area contributed by atoms with Gasteiger partial charge in [-0.3, -0.25) is 0 Å². The standard InChI is InChI=1S/C11H12ClFN2/c1-2-9(5-6-14)15-11-4-3-8(13)7-10(11)12/h3-4,7,9,15H,2,5H2,1H3. The monoisotopic (exact) mass is 226 g/mol. The van der Waals surface area contributed by atoms with Crippen molar-refractivity contribution in [3.8, 4) is 6.07 Å². The lowest BCUT2D eigenvalue weighted by molar-refractivity contribution is 0.627. The van der Waals surface area contributed by atoms with Gasteiger partial charge >= 0.3 is 0 Å². The molecule has 0 saturated heterocycles.